The second-order valence-corrected chi connectivity index (χ2v) is 15.5. The quantitative estimate of drug-likeness (QED) is 0.111. The number of phenols is 1. The van der Waals surface area contributed by atoms with E-state index in [0.717, 1.165) is 30.4 Å². The van der Waals surface area contributed by atoms with Gasteiger partial charge in [0.2, 0.25) is 0 Å². The van der Waals surface area contributed by atoms with Crippen LogP contribution in [0.25, 0.3) is 28.3 Å². The minimum absolute atomic E-state index is 0.0926. The second kappa shape index (κ2) is 18.9. The van der Waals surface area contributed by atoms with Gasteiger partial charge in [0.1, 0.15) is 23.6 Å². The molecule has 306 valence electrons. The summed E-state index contributed by atoms with van der Waals surface area (Å²) in [6.45, 7) is 7.39. The molecule has 2 aliphatic rings. The summed E-state index contributed by atoms with van der Waals surface area (Å²) in [7, 11) is 1.45. The van der Waals surface area contributed by atoms with Gasteiger partial charge in [-0.05, 0) is 111 Å². The van der Waals surface area contributed by atoms with Crippen LogP contribution in [0.1, 0.15) is 75.1 Å². The molecule has 0 spiro atoms. The average molecular weight is 802 g/mol. The third kappa shape index (κ3) is 10.6. The number of ether oxygens (including phenoxy) is 3. The third-order valence-electron chi connectivity index (χ3n) is 10.2. The zero-order chi connectivity index (χ0) is 42.1. The van der Waals surface area contributed by atoms with Crippen LogP contribution in [-0.2, 0) is 25.7 Å². The first kappa shape index (κ1) is 42.2. The van der Waals surface area contributed by atoms with E-state index in [1.165, 1.54) is 31.4 Å². The summed E-state index contributed by atoms with van der Waals surface area (Å²) in [6.07, 6.45) is 6.03. The Morgan fingerprint density at radius 3 is 2.36 bits per heavy atom. The van der Waals surface area contributed by atoms with Gasteiger partial charge in [0, 0.05) is 50.3 Å². The van der Waals surface area contributed by atoms with Crippen molar-refractivity contribution in [3.63, 3.8) is 0 Å². The normalized spacial score (nSPS) is 15.9. The number of hydroxylamine groups is 1. The Morgan fingerprint density at radius 1 is 0.983 bits per heavy atom. The Kier molecular flexibility index (Phi) is 13.5. The van der Waals surface area contributed by atoms with E-state index < -0.39 is 29.7 Å². The van der Waals surface area contributed by atoms with Gasteiger partial charge in [0.25, 0.3) is 5.91 Å². The maximum atomic E-state index is 15.1. The third-order valence-corrected chi connectivity index (χ3v) is 10.2. The lowest BCUT2D eigenvalue weighted by Gasteiger charge is -2.40. The molecule has 0 aliphatic carbocycles. The van der Waals surface area contributed by atoms with Crippen molar-refractivity contribution < 1.29 is 38.1 Å². The zero-order valence-electron chi connectivity index (χ0n) is 33.7. The number of hydrogen-bond donors (Lipinski definition) is 2. The Morgan fingerprint density at radius 2 is 1.73 bits per heavy atom. The van der Waals surface area contributed by atoms with Gasteiger partial charge >= 0.3 is 6.09 Å². The lowest BCUT2D eigenvalue weighted by Crippen LogP contribution is -2.48. The molecule has 4 aromatic rings. The number of phenolic OH excluding ortho intramolecular Hbond substituents is 1. The fourth-order valence-corrected chi connectivity index (χ4v) is 7.27. The molecule has 6 rings (SSSR count). The maximum absolute atomic E-state index is 15.1. The molecule has 0 bridgehead atoms. The van der Waals surface area contributed by atoms with E-state index in [2.05, 4.69) is 16.4 Å². The SMILES string of the molecule is COc1ccc(-c2ccc(N3CCC(N(Cc4ccc(/C=C/C(=O)NOC5CCCCO5)cc4)C(=O)OC(C)(C)C)CC3)c(C#N)c2-c2ccc(C#N)c(F)c2)cc1O. The van der Waals surface area contributed by atoms with E-state index in [0.29, 0.717) is 72.6 Å². The number of carbonyl (C=O) groups is 2. The van der Waals surface area contributed by atoms with Gasteiger partial charge in [-0.15, -0.1) is 0 Å². The molecule has 2 aliphatic heterocycles. The smallest absolute Gasteiger partial charge is 0.410 e. The Labute approximate surface area is 343 Å². The number of halogens is 1. The topological polar surface area (TPSA) is 157 Å². The molecule has 4 aromatic carbocycles. The number of carbonyl (C=O) groups excluding carboxylic acids is 2. The number of nitrogens with zero attached hydrogens (tertiary/aromatic N) is 4. The molecule has 0 radical (unpaired) electrons. The average Bonchev–Trinajstić information content (AvgIpc) is 3.23. The number of benzene rings is 4. The van der Waals surface area contributed by atoms with Crippen LogP contribution < -0.4 is 15.1 Å². The number of nitrogens with one attached hydrogen (secondary N) is 1. The van der Waals surface area contributed by atoms with Gasteiger partial charge in [-0.3, -0.25) is 4.79 Å². The number of rotatable bonds is 11. The molecule has 13 heteroatoms. The van der Waals surface area contributed by atoms with Crippen LogP contribution in [0.2, 0.25) is 0 Å². The van der Waals surface area contributed by atoms with E-state index >= 15 is 4.39 Å². The summed E-state index contributed by atoms with van der Waals surface area (Å²) in [4.78, 5) is 35.2. The monoisotopic (exact) mass is 801 g/mol. The van der Waals surface area contributed by atoms with Crippen molar-refractivity contribution in [2.75, 3.05) is 31.7 Å². The van der Waals surface area contributed by atoms with Crippen molar-refractivity contribution >= 4 is 23.8 Å². The van der Waals surface area contributed by atoms with Crippen molar-refractivity contribution in [3.05, 3.63) is 107 Å². The fraction of sp³-hybridized carbons (Fsp3) is 0.348. The van der Waals surface area contributed by atoms with Crippen molar-refractivity contribution in [2.45, 2.75) is 77.4 Å². The first-order chi connectivity index (χ1) is 28.4. The summed E-state index contributed by atoms with van der Waals surface area (Å²) >= 11 is 0. The minimum Gasteiger partial charge on any atom is -0.504 e. The van der Waals surface area contributed by atoms with Crippen LogP contribution in [0.5, 0.6) is 11.5 Å². The summed E-state index contributed by atoms with van der Waals surface area (Å²) in [5.41, 5.74) is 6.23. The van der Waals surface area contributed by atoms with Crippen LogP contribution >= 0.6 is 0 Å². The number of piperidine rings is 1. The molecular weight excluding hydrogens is 754 g/mol. The first-order valence-electron chi connectivity index (χ1n) is 19.6. The first-order valence-corrected chi connectivity index (χ1v) is 19.6. The molecule has 12 nitrogen and oxygen atoms in total. The standard InChI is InChI=1S/C46H48FN5O7/c1-46(2,3)58-45(55)52(29-31-10-8-30(9-11-31)12-19-42(54)50-59-43-7-5-6-24-57-43)35-20-22-51(23-21-35)39-17-16-36(32-15-18-41(56-4)40(53)26-32)44(37(39)28-49)33-13-14-34(27-48)38(47)25-33/h8-19,25-26,35,43,53H,5-7,20-24,29H2,1-4H3,(H,50,54)/b19-12+. The highest BCUT2D eigenvalue weighted by Crippen LogP contribution is 2.42. The number of aromatic hydroxyl groups is 1. The molecule has 59 heavy (non-hydrogen) atoms. The predicted molar refractivity (Wildman–Crippen MR) is 220 cm³/mol. The summed E-state index contributed by atoms with van der Waals surface area (Å²) in [5.74, 6) is -0.927. The van der Waals surface area contributed by atoms with Crippen LogP contribution in [0.4, 0.5) is 14.9 Å². The largest absolute Gasteiger partial charge is 0.504 e. The molecule has 2 N–H and O–H groups in total. The fourth-order valence-electron chi connectivity index (χ4n) is 7.27. The van der Waals surface area contributed by atoms with E-state index in [1.54, 1.807) is 29.2 Å². The van der Waals surface area contributed by atoms with Crippen LogP contribution in [0, 0.1) is 28.5 Å². The number of hydrogen-bond acceptors (Lipinski definition) is 10. The summed E-state index contributed by atoms with van der Waals surface area (Å²) < 4.78 is 31.7. The lowest BCUT2D eigenvalue weighted by atomic mass is 9.88. The molecular formula is C46H48FN5O7. The van der Waals surface area contributed by atoms with Gasteiger partial charge in [-0.2, -0.15) is 10.5 Å². The Bertz CT molecular complexity index is 2260. The van der Waals surface area contributed by atoms with Crippen molar-refractivity contribution in [1.29, 1.82) is 10.5 Å². The van der Waals surface area contributed by atoms with Gasteiger partial charge in [-0.1, -0.05) is 42.5 Å². The number of nitriles is 2. The second-order valence-electron chi connectivity index (χ2n) is 15.5. The Hall–Kier alpha value is -6.41. The zero-order valence-corrected chi connectivity index (χ0v) is 33.7. The minimum atomic E-state index is -0.719. The van der Waals surface area contributed by atoms with Gasteiger partial charge in [0.05, 0.1) is 23.9 Å². The molecule has 2 amide bonds. The van der Waals surface area contributed by atoms with E-state index in [4.69, 9.17) is 19.0 Å². The van der Waals surface area contributed by atoms with Crippen LogP contribution in [0.15, 0.2) is 78.9 Å². The van der Waals surface area contributed by atoms with Crippen LogP contribution in [-0.4, -0.2) is 66.7 Å². The number of anilines is 1. The van der Waals surface area contributed by atoms with Crippen LogP contribution in [0.3, 0.4) is 0 Å². The highest BCUT2D eigenvalue weighted by Gasteiger charge is 2.33. The summed E-state index contributed by atoms with van der Waals surface area (Å²) in [5, 5.41) is 30.7. The van der Waals surface area contributed by atoms with E-state index in [-0.39, 0.29) is 23.1 Å². The Balaban J connectivity index is 1.21. The summed E-state index contributed by atoms with van der Waals surface area (Å²) in [6, 6.07) is 24.4. The maximum Gasteiger partial charge on any atom is 0.410 e. The predicted octanol–water partition coefficient (Wildman–Crippen LogP) is 8.61. The van der Waals surface area contributed by atoms with E-state index in [9.17, 15) is 25.2 Å². The number of amides is 2. The molecule has 0 saturated carbocycles. The van der Waals surface area contributed by atoms with Crippen molar-refractivity contribution in [1.82, 2.24) is 10.4 Å². The molecule has 2 saturated heterocycles. The van der Waals surface area contributed by atoms with Gasteiger partial charge in [0.15, 0.2) is 17.8 Å². The molecule has 2 heterocycles. The van der Waals surface area contributed by atoms with Gasteiger partial charge < -0.3 is 29.1 Å². The van der Waals surface area contributed by atoms with Crippen molar-refractivity contribution in [3.8, 4) is 45.9 Å². The van der Waals surface area contributed by atoms with E-state index in [1.807, 2.05) is 63.2 Å². The van der Waals surface area contributed by atoms with Crippen molar-refractivity contribution in [2.24, 2.45) is 0 Å². The molecule has 0 aromatic heterocycles. The molecule has 1 atom stereocenters. The lowest BCUT2D eigenvalue weighted by molar-refractivity contribution is -0.198. The number of methoxy groups -OCH3 is 1. The van der Waals surface area contributed by atoms with Gasteiger partial charge in [-0.25, -0.2) is 19.5 Å². The molecule has 2 fully saturated rings. The molecule has 1 unspecified atom stereocenters. The highest BCUT2D eigenvalue weighted by atomic mass is 19.1. The highest BCUT2D eigenvalue weighted by molar-refractivity contribution is 5.92.